The maximum atomic E-state index is 15.2. The molecule has 1 N–H and O–H groups in total. The lowest BCUT2D eigenvalue weighted by Crippen LogP contribution is -2.49. The summed E-state index contributed by atoms with van der Waals surface area (Å²) < 4.78 is 12.6. The second kappa shape index (κ2) is 12.3. The van der Waals surface area contributed by atoms with E-state index in [-0.39, 0.29) is 24.5 Å². The molecule has 5 heterocycles. The molecule has 2 fully saturated rings. The van der Waals surface area contributed by atoms with E-state index >= 15 is 4.79 Å². The smallest absolute Gasteiger partial charge is 0.352 e. The predicted octanol–water partition coefficient (Wildman–Crippen LogP) is 6.56. The summed E-state index contributed by atoms with van der Waals surface area (Å²) in [7, 11) is 3.16. The van der Waals surface area contributed by atoms with E-state index in [4.69, 9.17) is 21.4 Å². The van der Waals surface area contributed by atoms with Crippen LogP contribution >= 0.6 is 45.5 Å². The summed E-state index contributed by atoms with van der Waals surface area (Å²) in [5.41, 5.74) is 1.05. The Kier molecular flexibility index (Phi) is 7.93. The number of phenols is 1. The van der Waals surface area contributed by atoms with Crippen LogP contribution in [-0.4, -0.2) is 47.7 Å². The van der Waals surface area contributed by atoms with Crippen LogP contribution in [0.3, 0.4) is 0 Å². The van der Waals surface area contributed by atoms with Crippen molar-refractivity contribution in [3.63, 3.8) is 0 Å². The van der Waals surface area contributed by atoms with Crippen LogP contribution in [0.4, 0.5) is 5.82 Å². The van der Waals surface area contributed by atoms with Crippen LogP contribution < -0.4 is 21.0 Å². The zero-order valence-corrected chi connectivity index (χ0v) is 33.1. The first-order valence-corrected chi connectivity index (χ1v) is 19.5. The van der Waals surface area contributed by atoms with E-state index in [0.29, 0.717) is 31.4 Å². The van der Waals surface area contributed by atoms with Gasteiger partial charge in [-0.05, 0) is 107 Å². The molecule has 4 atom stereocenters. The molecular formula is C39H32ClIN6O6S. The first-order valence-electron chi connectivity index (χ1n) is 17.2. The Labute approximate surface area is 330 Å². The predicted molar refractivity (Wildman–Crippen MR) is 214 cm³/mol. The number of benzene rings is 3. The number of amides is 2. The summed E-state index contributed by atoms with van der Waals surface area (Å²) in [6.07, 6.45) is 2.00. The largest absolute Gasteiger partial charge is 0.504 e. The summed E-state index contributed by atoms with van der Waals surface area (Å²) in [6, 6.07) is 19.0. The van der Waals surface area contributed by atoms with Crippen molar-refractivity contribution >= 4 is 73.2 Å². The highest BCUT2D eigenvalue weighted by atomic mass is 127. The number of anilines is 1. The number of para-hydroxylation sites is 1. The van der Waals surface area contributed by atoms with Gasteiger partial charge in [-0.25, -0.2) is 28.4 Å². The van der Waals surface area contributed by atoms with Crippen LogP contribution in [-0.2, 0) is 23.2 Å². The van der Waals surface area contributed by atoms with Crippen LogP contribution in [0.2, 0.25) is 5.02 Å². The van der Waals surface area contributed by atoms with Crippen molar-refractivity contribution < 1.29 is 19.4 Å². The van der Waals surface area contributed by atoms with Crippen LogP contribution in [0.25, 0.3) is 26.3 Å². The zero-order chi connectivity index (χ0) is 38.0. The minimum Gasteiger partial charge on any atom is -0.504 e. The number of aromatic hydroxyl groups is 1. The van der Waals surface area contributed by atoms with Crippen molar-refractivity contribution in [2.75, 3.05) is 12.0 Å². The zero-order valence-electron chi connectivity index (χ0n) is 29.4. The fraction of sp³-hybridized carbons (Fsp3) is 0.256. The van der Waals surface area contributed by atoms with Crippen molar-refractivity contribution in [3.05, 3.63) is 119 Å². The molecule has 54 heavy (non-hydrogen) atoms. The van der Waals surface area contributed by atoms with Gasteiger partial charge in [0.2, 0.25) is 11.8 Å². The van der Waals surface area contributed by atoms with Gasteiger partial charge in [-0.15, -0.1) is 11.3 Å². The monoisotopic (exact) mass is 874 g/mol. The summed E-state index contributed by atoms with van der Waals surface area (Å²) in [4.78, 5) is 60.3. The fourth-order valence-corrected chi connectivity index (χ4v) is 10.7. The first kappa shape index (κ1) is 34.8. The summed E-state index contributed by atoms with van der Waals surface area (Å²) in [6.45, 7) is 3.89. The van der Waals surface area contributed by atoms with Crippen molar-refractivity contribution in [2.24, 2.45) is 18.4 Å². The summed E-state index contributed by atoms with van der Waals surface area (Å²) in [5.74, 6) is -1.96. The number of allylic oxidation sites excluding steroid dienone is 2. The van der Waals surface area contributed by atoms with E-state index in [9.17, 15) is 19.5 Å². The van der Waals surface area contributed by atoms with Crippen LogP contribution in [0.5, 0.6) is 11.5 Å². The van der Waals surface area contributed by atoms with Crippen molar-refractivity contribution in [1.29, 1.82) is 0 Å². The molecule has 0 bridgehead atoms. The topological polar surface area (TPSA) is 134 Å². The van der Waals surface area contributed by atoms with Crippen LogP contribution in [0.15, 0.2) is 88.0 Å². The summed E-state index contributed by atoms with van der Waals surface area (Å²) >= 11 is 9.89. The van der Waals surface area contributed by atoms with Crippen LogP contribution in [0, 0.1) is 21.8 Å². The molecular weight excluding hydrogens is 843 g/mol. The Morgan fingerprint density at radius 2 is 1.80 bits per heavy atom. The Hall–Kier alpha value is -4.93. The number of ether oxygens (including phenoxy) is 1. The number of halogens is 2. The number of hydrogen-bond acceptors (Lipinski definition) is 8. The number of rotatable bonds is 5. The number of aryl methyl sites for hydroxylation is 2. The number of carbonyl (C=O) groups excluding carboxylic acids is 2. The Morgan fingerprint density at radius 3 is 2.54 bits per heavy atom. The highest BCUT2D eigenvalue weighted by molar-refractivity contribution is 14.1. The molecule has 0 spiro atoms. The third-order valence-electron chi connectivity index (χ3n) is 11.4. The molecule has 274 valence electrons. The molecule has 3 aromatic carbocycles. The molecule has 4 unspecified atom stereocenters. The molecule has 12 nitrogen and oxygen atoms in total. The first-order chi connectivity index (χ1) is 25.8. The Bertz CT molecular complexity index is 2760. The van der Waals surface area contributed by atoms with E-state index in [1.807, 2.05) is 60.7 Å². The third kappa shape index (κ3) is 4.75. The van der Waals surface area contributed by atoms with Gasteiger partial charge in [-0.2, -0.15) is 5.10 Å². The highest BCUT2D eigenvalue weighted by Crippen LogP contribution is 2.62. The molecule has 3 aliphatic rings. The SMILES string of the molecule is COc1cc(C2C3=CCn4c(=O)n(-c5ccccc5)c(=O)n4C3CC3C(=O)N(c4cc(-c5sc6ccc(Cl)cc6c5C)nn4C)C(=O)C32C)cc(I)c1O. The minimum absolute atomic E-state index is 0.0461. The maximum Gasteiger partial charge on any atom is 0.352 e. The number of aromatic nitrogens is 5. The lowest BCUT2D eigenvalue weighted by Gasteiger charge is -2.47. The Morgan fingerprint density at radius 1 is 1.04 bits per heavy atom. The third-order valence-corrected chi connectivity index (χ3v) is 13.7. The van der Waals surface area contributed by atoms with Gasteiger partial charge in [0.25, 0.3) is 0 Å². The van der Waals surface area contributed by atoms with E-state index in [1.54, 1.807) is 71.6 Å². The van der Waals surface area contributed by atoms with Crippen LogP contribution in [0.1, 0.15) is 36.4 Å². The number of fused-ring (bicyclic) bond motifs is 5. The summed E-state index contributed by atoms with van der Waals surface area (Å²) in [5, 5.41) is 17.3. The maximum absolute atomic E-state index is 15.2. The average Bonchev–Trinajstić information content (AvgIpc) is 3.83. The Balaban J connectivity index is 1.21. The fourth-order valence-electron chi connectivity index (χ4n) is 8.80. The van der Waals surface area contributed by atoms with E-state index < -0.39 is 46.5 Å². The molecule has 1 saturated carbocycles. The lowest BCUT2D eigenvalue weighted by atomic mass is 9.56. The van der Waals surface area contributed by atoms with E-state index in [0.717, 1.165) is 30.7 Å². The molecule has 3 aromatic heterocycles. The number of imide groups is 1. The normalized spacial score (nSPS) is 22.0. The van der Waals surface area contributed by atoms with Gasteiger partial charge in [0.05, 0.1) is 45.2 Å². The van der Waals surface area contributed by atoms with E-state index in [2.05, 4.69) is 0 Å². The number of nitrogens with zero attached hydrogens (tertiary/aromatic N) is 6. The second-order valence-corrected chi connectivity index (χ2v) is 16.8. The average molecular weight is 875 g/mol. The molecule has 2 aliphatic heterocycles. The van der Waals surface area contributed by atoms with Crippen molar-refractivity contribution in [1.82, 2.24) is 23.7 Å². The number of methoxy groups -OCH3 is 1. The van der Waals surface area contributed by atoms with Gasteiger partial charge in [0, 0.05) is 28.8 Å². The number of carbonyl (C=O) groups is 2. The van der Waals surface area contributed by atoms with Gasteiger partial charge in [-0.3, -0.25) is 14.3 Å². The standard InChI is InChI=1S/C39H32ClIN6O6S/c1-19-24-16-21(40)10-11-30(24)54-34(19)27-18-31(43(3)42-27)46-35(49)25-17-28-23(12-13-44-37(51)45(38(52)47(28)44)22-8-6-5-7-9-22)32(39(25,2)36(46)50)20-14-26(41)33(48)29(15-20)53-4/h5-12,14-16,18,25,28,32,48H,13,17H2,1-4H3. The molecule has 1 saturated heterocycles. The molecule has 0 radical (unpaired) electrons. The minimum atomic E-state index is -1.33. The quantitative estimate of drug-likeness (QED) is 0.118. The number of thiophene rings is 1. The molecule has 2 amide bonds. The van der Waals surface area contributed by atoms with Gasteiger partial charge >= 0.3 is 11.4 Å². The van der Waals surface area contributed by atoms with Crippen molar-refractivity contribution in [3.8, 4) is 27.8 Å². The van der Waals surface area contributed by atoms with Gasteiger partial charge < -0.3 is 9.84 Å². The van der Waals surface area contributed by atoms with Gasteiger partial charge in [0.1, 0.15) is 11.5 Å². The van der Waals surface area contributed by atoms with Gasteiger partial charge in [-0.1, -0.05) is 35.9 Å². The second-order valence-electron chi connectivity index (χ2n) is 14.1. The molecule has 6 aromatic rings. The molecule has 1 aliphatic carbocycles. The van der Waals surface area contributed by atoms with E-state index in [1.165, 1.54) is 21.4 Å². The molecule has 9 rings (SSSR count). The van der Waals surface area contributed by atoms with Crippen molar-refractivity contribution in [2.45, 2.75) is 38.8 Å². The van der Waals surface area contributed by atoms with Gasteiger partial charge in [0.15, 0.2) is 11.5 Å². The lowest BCUT2D eigenvalue weighted by molar-refractivity contribution is -0.129. The number of phenolic OH excluding ortho intramolecular Hbond substituents is 1. The molecule has 15 heteroatoms. The number of hydrogen-bond donors (Lipinski definition) is 1. The highest BCUT2D eigenvalue weighted by Gasteiger charge is 2.66.